The smallest absolute Gasteiger partial charge is 0.438 e. The van der Waals surface area contributed by atoms with Crippen LogP contribution in [0.3, 0.4) is 0 Å². The van der Waals surface area contributed by atoms with E-state index in [1.165, 1.54) is 7.11 Å². The maximum absolute atomic E-state index is 10.5. The monoisotopic (exact) mass is 181 g/mol. The summed E-state index contributed by atoms with van der Waals surface area (Å²) in [5, 5.41) is 3.07. The Morgan fingerprint density at radius 2 is 2.36 bits per heavy atom. The molecule has 1 N–H and O–H groups in total. The molecule has 1 atom stereocenters. The molecule has 1 fully saturated rings. The lowest BCUT2D eigenvalue weighted by atomic mass is 10.3. The van der Waals surface area contributed by atoms with Crippen LogP contribution in [0.4, 0.5) is 4.79 Å². The summed E-state index contributed by atoms with van der Waals surface area (Å²) in [6.07, 6.45) is 0.302. The summed E-state index contributed by atoms with van der Waals surface area (Å²) >= 11 is 0. The first kappa shape index (κ1) is 10.5. The third kappa shape index (κ3) is 3.43. The molecule has 66 valence electrons. The standard InChI is InChI=1S/C6H11NO3.ClH/c1-9-6(8)10-5-2-3-7-4-5;/h5,7H,2-4H2,1H3;1H/t5-;/m1./s1. The molecule has 0 amide bonds. The van der Waals surface area contributed by atoms with Crippen LogP contribution in [0.5, 0.6) is 0 Å². The molecule has 1 aliphatic heterocycles. The summed E-state index contributed by atoms with van der Waals surface area (Å²) in [6, 6.07) is 0. The van der Waals surface area contributed by atoms with E-state index >= 15 is 0 Å². The topological polar surface area (TPSA) is 47.6 Å². The normalized spacial score (nSPS) is 22.1. The van der Waals surface area contributed by atoms with Crippen LogP contribution in [0.25, 0.3) is 0 Å². The minimum absolute atomic E-state index is 0. The van der Waals surface area contributed by atoms with Crippen LogP contribution in [-0.2, 0) is 9.47 Å². The van der Waals surface area contributed by atoms with E-state index < -0.39 is 6.16 Å². The molecule has 0 aromatic carbocycles. The third-order valence-corrected chi connectivity index (χ3v) is 1.44. The van der Waals surface area contributed by atoms with Gasteiger partial charge in [0.1, 0.15) is 6.10 Å². The Labute approximate surface area is 71.6 Å². The Kier molecular flexibility index (Phi) is 4.98. The number of hydrogen-bond acceptors (Lipinski definition) is 4. The van der Waals surface area contributed by atoms with Gasteiger partial charge in [-0.15, -0.1) is 12.4 Å². The Bertz CT molecular complexity index is 125. The Balaban J connectivity index is 0.000001000. The number of carbonyl (C=O) groups excluding carboxylic acids is 1. The van der Waals surface area contributed by atoms with Gasteiger partial charge in [0.2, 0.25) is 0 Å². The van der Waals surface area contributed by atoms with E-state index in [9.17, 15) is 4.79 Å². The zero-order valence-corrected chi connectivity index (χ0v) is 7.15. The number of carbonyl (C=O) groups is 1. The van der Waals surface area contributed by atoms with Gasteiger partial charge in [-0.1, -0.05) is 0 Å². The first-order valence-corrected chi connectivity index (χ1v) is 3.28. The zero-order chi connectivity index (χ0) is 7.40. The molecule has 0 radical (unpaired) electrons. The fraction of sp³-hybridized carbons (Fsp3) is 0.833. The van der Waals surface area contributed by atoms with Crippen molar-refractivity contribution in [2.45, 2.75) is 12.5 Å². The average molecular weight is 182 g/mol. The van der Waals surface area contributed by atoms with Gasteiger partial charge in [0.15, 0.2) is 0 Å². The number of nitrogens with one attached hydrogen (secondary N) is 1. The highest BCUT2D eigenvalue weighted by Gasteiger charge is 2.18. The molecule has 0 saturated carbocycles. The van der Waals surface area contributed by atoms with E-state index in [2.05, 4.69) is 10.1 Å². The van der Waals surface area contributed by atoms with E-state index in [0.717, 1.165) is 19.5 Å². The second-order valence-corrected chi connectivity index (χ2v) is 2.19. The minimum atomic E-state index is -0.589. The molecule has 11 heavy (non-hydrogen) atoms. The maximum Gasteiger partial charge on any atom is 0.508 e. The first-order chi connectivity index (χ1) is 4.83. The fourth-order valence-electron chi connectivity index (χ4n) is 0.913. The molecule has 1 aliphatic rings. The summed E-state index contributed by atoms with van der Waals surface area (Å²) in [4.78, 5) is 10.5. The van der Waals surface area contributed by atoms with Crippen LogP contribution in [0.1, 0.15) is 6.42 Å². The number of hydrogen-bond donors (Lipinski definition) is 1. The molecule has 0 unspecified atom stereocenters. The van der Waals surface area contributed by atoms with Gasteiger partial charge in [-0.25, -0.2) is 4.79 Å². The van der Waals surface area contributed by atoms with Crippen molar-refractivity contribution in [3.8, 4) is 0 Å². The molecule has 1 heterocycles. The summed E-state index contributed by atoms with van der Waals surface area (Å²) in [5.74, 6) is 0. The van der Waals surface area contributed by atoms with E-state index in [1.54, 1.807) is 0 Å². The summed E-state index contributed by atoms with van der Waals surface area (Å²) < 4.78 is 9.16. The molecule has 0 spiro atoms. The molecule has 1 rings (SSSR count). The number of ether oxygens (including phenoxy) is 2. The van der Waals surface area contributed by atoms with Crippen molar-refractivity contribution in [2.24, 2.45) is 0 Å². The van der Waals surface area contributed by atoms with Gasteiger partial charge in [-0.3, -0.25) is 0 Å². The second kappa shape index (κ2) is 5.21. The van der Waals surface area contributed by atoms with Crippen LogP contribution in [-0.4, -0.2) is 32.5 Å². The highest BCUT2D eigenvalue weighted by molar-refractivity contribution is 5.85. The minimum Gasteiger partial charge on any atom is -0.438 e. The second-order valence-electron chi connectivity index (χ2n) is 2.19. The SMILES string of the molecule is COC(=O)O[C@@H]1CCNC1.Cl. The predicted octanol–water partition coefficient (Wildman–Crippen LogP) is 0.553. The van der Waals surface area contributed by atoms with Crippen molar-refractivity contribution >= 4 is 18.6 Å². The van der Waals surface area contributed by atoms with Gasteiger partial charge in [-0.2, -0.15) is 0 Å². The molecule has 5 heteroatoms. The Morgan fingerprint density at radius 3 is 2.82 bits per heavy atom. The highest BCUT2D eigenvalue weighted by Crippen LogP contribution is 2.03. The van der Waals surface area contributed by atoms with E-state index in [1.807, 2.05) is 0 Å². The zero-order valence-electron chi connectivity index (χ0n) is 6.33. The van der Waals surface area contributed by atoms with Gasteiger partial charge in [0.05, 0.1) is 7.11 Å². The Morgan fingerprint density at radius 1 is 1.64 bits per heavy atom. The number of methoxy groups -OCH3 is 1. The molecule has 0 aliphatic carbocycles. The lowest BCUT2D eigenvalue weighted by Crippen LogP contribution is -2.20. The van der Waals surface area contributed by atoms with Gasteiger partial charge in [-0.05, 0) is 13.0 Å². The van der Waals surface area contributed by atoms with Crippen LogP contribution in [0.2, 0.25) is 0 Å². The molecule has 0 aromatic rings. The highest BCUT2D eigenvalue weighted by atomic mass is 35.5. The van der Waals surface area contributed by atoms with Crippen LogP contribution in [0, 0.1) is 0 Å². The lowest BCUT2D eigenvalue weighted by Gasteiger charge is -2.07. The molecular formula is C6H12ClNO3. The largest absolute Gasteiger partial charge is 0.508 e. The van der Waals surface area contributed by atoms with E-state index in [-0.39, 0.29) is 18.5 Å². The maximum atomic E-state index is 10.5. The molecule has 0 bridgehead atoms. The predicted molar refractivity (Wildman–Crippen MR) is 42.0 cm³/mol. The summed E-state index contributed by atoms with van der Waals surface area (Å²) in [6.45, 7) is 1.66. The van der Waals surface area contributed by atoms with Crippen LogP contribution < -0.4 is 5.32 Å². The van der Waals surface area contributed by atoms with Gasteiger partial charge in [0, 0.05) is 6.54 Å². The molecule has 0 aromatic heterocycles. The van der Waals surface area contributed by atoms with Crippen molar-refractivity contribution < 1.29 is 14.3 Å². The van der Waals surface area contributed by atoms with Gasteiger partial charge >= 0.3 is 6.16 Å². The van der Waals surface area contributed by atoms with Gasteiger partial charge < -0.3 is 14.8 Å². The quantitative estimate of drug-likeness (QED) is 0.601. The van der Waals surface area contributed by atoms with Crippen molar-refractivity contribution in [2.75, 3.05) is 20.2 Å². The summed E-state index contributed by atoms with van der Waals surface area (Å²) in [7, 11) is 1.31. The Hall–Kier alpha value is -0.480. The van der Waals surface area contributed by atoms with Crippen molar-refractivity contribution in [1.82, 2.24) is 5.32 Å². The molecule has 4 nitrogen and oxygen atoms in total. The number of halogens is 1. The fourth-order valence-corrected chi connectivity index (χ4v) is 0.913. The number of rotatable bonds is 1. The summed E-state index contributed by atoms with van der Waals surface area (Å²) in [5.41, 5.74) is 0. The average Bonchev–Trinajstić information content (AvgIpc) is 2.40. The molecule has 1 saturated heterocycles. The lowest BCUT2D eigenvalue weighted by molar-refractivity contribution is 0.0439. The molecular weight excluding hydrogens is 170 g/mol. The van der Waals surface area contributed by atoms with Crippen LogP contribution >= 0.6 is 12.4 Å². The van der Waals surface area contributed by atoms with E-state index in [0.29, 0.717) is 0 Å². The van der Waals surface area contributed by atoms with Crippen LogP contribution in [0.15, 0.2) is 0 Å². The van der Waals surface area contributed by atoms with Crippen molar-refractivity contribution in [3.63, 3.8) is 0 Å². The van der Waals surface area contributed by atoms with Crippen molar-refractivity contribution in [3.05, 3.63) is 0 Å². The van der Waals surface area contributed by atoms with Crippen molar-refractivity contribution in [1.29, 1.82) is 0 Å². The third-order valence-electron chi connectivity index (χ3n) is 1.44. The first-order valence-electron chi connectivity index (χ1n) is 3.28. The van der Waals surface area contributed by atoms with Gasteiger partial charge in [0.25, 0.3) is 0 Å². The van der Waals surface area contributed by atoms with E-state index in [4.69, 9.17) is 4.74 Å².